The van der Waals surface area contributed by atoms with Crippen LogP contribution in [0, 0.1) is 20.8 Å². The van der Waals surface area contributed by atoms with Crippen LogP contribution in [-0.4, -0.2) is 22.3 Å². The van der Waals surface area contributed by atoms with Gasteiger partial charge in [0.1, 0.15) is 11.7 Å². The van der Waals surface area contributed by atoms with Crippen molar-refractivity contribution in [2.75, 3.05) is 11.6 Å². The summed E-state index contributed by atoms with van der Waals surface area (Å²) in [6.07, 6.45) is 0.841. The molecule has 6 heteroatoms. The summed E-state index contributed by atoms with van der Waals surface area (Å²) in [5, 5.41) is 2.82. The number of rotatable bonds is 2. The van der Waals surface area contributed by atoms with Crippen molar-refractivity contribution in [3.8, 4) is 0 Å². The monoisotopic (exact) mass is 345 g/mol. The molecule has 128 valence electrons. The second kappa shape index (κ2) is 8.11. The average molecular weight is 346 g/mol. The predicted molar refractivity (Wildman–Crippen MR) is 101 cm³/mol. The second-order valence-corrected chi connectivity index (χ2v) is 5.83. The highest BCUT2D eigenvalue weighted by molar-refractivity contribution is 6.31. The lowest BCUT2D eigenvalue weighted by Crippen LogP contribution is -2.33. The molecule has 1 fully saturated rings. The Kier molecular flexibility index (Phi) is 6.15. The summed E-state index contributed by atoms with van der Waals surface area (Å²) in [6.45, 7) is 10.7. The zero-order valence-electron chi connectivity index (χ0n) is 14.9. The minimum atomic E-state index is 0.691. The summed E-state index contributed by atoms with van der Waals surface area (Å²) in [4.78, 5) is 13.2. The van der Waals surface area contributed by atoms with E-state index < -0.39 is 0 Å². The Hall–Kier alpha value is -2.14. The maximum absolute atomic E-state index is 6.19. The third-order valence-electron chi connectivity index (χ3n) is 3.51. The van der Waals surface area contributed by atoms with Gasteiger partial charge in [-0.25, -0.2) is 15.0 Å². The SMILES string of the molecule is CC.Cc1cc(N=C2CCN(c3ccc(C)c(Cl)c3)N2)nc(C)n1. The molecule has 0 amide bonds. The molecule has 3 rings (SSSR count). The first-order chi connectivity index (χ1) is 11.5. The topological polar surface area (TPSA) is 53.4 Å². The lowest BCUT2D eigenvalue weighted by Gasteiger charge is -2.18. The predicted octanol–water partition coefficient (Wildman–Crippen LogP) is 4.53. The fourth-order valence-corrected chi connectivity index (χ4v) is 2.58. The van der Waals surface area contributed by atoms with E-state index in [9.17, 15) is 0 Å². The fraction of sp³-hybridized carbons (Fsp3) is 0.389. The van der Waals surface area contributed by atoms with Crippen LogP contribution >= 0.6 is 11.6 Å². The largest absolute Gasteiger partial charge is 0.286 e. The Morgan fingerprint density at radius 1 is 1.12 bits per heavy atom. The number of nitrogens with one attached hydrogen (secondary N) is 1. The molecule has 2 aromatic rings. The first-order valence-corrected chi connectivity index (χ1v) is 8.59. The zero-order chi connectivity index (χ0) is 17.7. The minimum absolute atomic E-state index is 0.691. The summed E-state index contributed by atoms with van der Waals surface area (Å²) in [7, 11) is 0. The number of hydrazine groups is 1. The quantitative estimate of drug-likeness (QED) is 0.869. The van der Waals surface area contributed by atoms with Crippen molar-refractivity contribution in [1.29, 1.82) is 0 Å². The van der Waals surface area contributed by atoms with Crippen LogP contribution in [0.4, 0.5) is 11.5 Å². The molecule has 5 nitrogen and oxygen atoms in total. The second-order valence-electron chi connectivity index (χ2n) is 5.42. The number of aliphatic imine (C=N–C) groups is 1. The Bertz CT molecular complexity index is 722. The molecule has 0 bridgehead atoms. The molecule has 2 heterocycles. The van der Waals surface area contributed by atoms with Crippen molar-refractivity contribution >= 4 is 28.9 Å². The van der Waals surface area contributed by atoms with E-state index in [0.717, 1.165) is 46.6 Å². The van der Waals surface area contributed by atoms with Gasteiger partial charge in [-0.05, 0) is 38.5 Å². The molecule has 0 unspecified atom stereocenters. The normalized spacial score (nSPS) is 15.1. The van der Waals surface area contributed by atoms with Crippen molar-refractivity contribution in [1.82, 2.24) is 15.4 Å². The Balaban J connectivity index is 0.00000100. The Morgan fingerprint density at radius 3 is 2.54 bits per heavy atom. The van der Waals surface area contributed by atoms with E-state index in [1.807, 2.05) is 57.8 Å². The number of aromatic nitrogens is 2. The highest BCUT2D eigenvalue weighted by Gasteiger charge is 2.18. The molecule has 0 saturated carbocycles. The van der Waals surface area contributed by atoms with Crippen molar-refractivity contribution in [2.45, 2.75) is 41.0 Å². The van der Waals surface area contributed by atoms with Crippen LogP contribution in [0.25, 0.3) is 0 Å². The third-order valence-corrected chi connectivity index (χ3v) is 3.91. The van der Waals surface area contributed by atoms with E-state index in [1.54, 1.807) is 0 Å². The molecule has 1 aromatic carbocycles. The van der Waals surface area contributed by atoms with Crippen LogP contribution in [0.15, 0.2) is 29.3 Å². The summed E-state index contributed by atoms with van der Waals surface area (Å²) < 4.78 is 0. The number of nitrogens with zero attached hydrogens (tertiary/aromatic N) is 4. The zero-order valence-corrected chi connectivity index (χ0v) is 15.6. The van der Waals surface area contributed by atoms with Crippen molar-refractivity contribution < 1.29 is 0 Å². The molecule has 1 saturated heterocycles. The smallest absolute Gasteiger partial charge is 0.157 e. The van der Waals surface area contributed by atoms with Gasteiger partial charge in [0.2, 0.25) is 0 Å². The maximum Gasteiger partial charge on any atom is 0.157 e. The highest BCUT2D eigenvalue weighted by Crippen LogP contribution is 2.24. The van der Waals surface area contributed by atoms with Gasteiger partial charge >= 0.3 is 0 Å². The van der Waals surface area contributed by atoms with Crippen LogP contribution < -0.4 is 10.4 Å². The molecule has 1 aromatic heterocycles. The number of benzene rings is 1. The van der Waals surface area contributed by atoms with Crippen LogP contribution in [0.1, 0.15) is 37.4 Å². The molecule has 1 aliphatic heterocycles. The summed E-state index contributed by atoms with van der Waals surface area (Å²) >= 11 is 6.19. The summed E-state index contributed by atoms with van der Waals surface area (Å²) in [6, 6.07) is 7.92. The van der Waals surface area contributed by atoms with Gasteiger partial charge in [-0.15, -0.1) is 0 Å². The number of hydrogen-bond acceptors (Lipinski definition) is 4. The molecule has 0 spiro atoms. The van der Waals surface area contributed by atoms with E-state index in [-0.39, 0.29) is 0 Å². The molecule has 1 N–H and O–H groups in total. The lowest BCUT2D eigenvalue weighted by atomic mass is 10.2. The number of amidine groups is 1. The van der Waals surface area contributed by atoms with Gasteiger partial charge < -0.3 is 0 Å². The number of aryl methyl sites for hydroxylation is 3. The van der Waals surface area contributed by atoms with Gasteiger partial charge in [0.05, 0.1) is 5.69 Å². The van der Waals surface area contributed by atoms with E-state index in [4.69, 9.17) is 11.6 Å². The van der Waals surface area contributed by atoms with Crippen molar-refractivity contribution in [3.63, 3.8) is 0 Å². The van der Waals surface area contributed by atoms with Gasteiger partial charge in [0.25, 0.3) is 0 Å². The first kappa shape index (κ1) is 18.2. The van der Waals surface area contributed by atoms with Gasteiger partial charge in [-0.3, -0.25) is 10.4 Å². The van der Waals surface area contributed by atoms with E-state index in [1.165, 1.54) is 0 Å². The highest BCUT2D eigenvalue weighted by atomic mass is 35.5. The molecule has 0 atom stereocenters. The number of anilines is 1. The van der Waals surface area contributed by atoms with Crippen LogP contribution in [0.5, 0.6) is 0 Å². The fourth-order valence-electron chi connectivity index (χ4n) is 2.40. The van der Waals surface area contributed by atoms with Crippen LogP contribution in [0.3, 0.4) is 0 Å². The first-order valence-electron chi connectivity index (χ1n) is 8.21. The maximum atomic E-state index is 6.19. The van der Waals surface area contributed by atoms with E-state index in [2.05, 4.69) is 26.5 Å². The van der Waals surface area contributed by atoms with E-state index in [0.29, 0.717) is 5.82 Å². The average Bonchev–Trinajstić information content (AvgIpc) is 2.99. The Morgan fingerprint density at radius 2 is 1.88 bits per heavy atom. The van der Waals surface area contributed by atoms with Gasteiger partial charge in [-0.1, -0.05) is 31.5 Å². The molecule has 0 aliphatic carbocycles. The van der Waals surface area contributed by atoms with Crippen LogP contribution in [-0.2, 0) is 0 Å². The van der Waals surface area contributed by atoms with Gasteiger partial charge in [0, 0.05) is 29.7 Å². The minimum Gasteiger partial charge on any atom is -0.286 e. The lowest BCUT2D eigenvalue weighted by molar-refractivity contribution is 0.857. The molecule has 24 heavy (non-hydrogen) atoms. The molecular weight excluding hydrogens is 322 g/mol. The van der Waals surface area contributed by atoms with Gasteiger partial charge in [0.15, 0.2) is 5.82 Å². The molecular formula is C18H24ClN5. The Labute approximate surface area is 148 Å². The van der Waals surface area contributed by atoms with Gasteiger partial charge in [-0.2, -0.15) is 0 Å². The van der Waals surface area contributed by atoms with Crippen molar-refractivity contribution in [2.24, 2.45) is 4.99 Å². The third kappa shape index (κ3) is 4.45. The van der Waals surface area contributed by atoms with Crippen LogP contribution in [0.2, 0.25) is 5.02 Å². The number of halogens is 1. The standard InChI is InChI=1S/C16H18ClN5.C2H6/c1-10-4-5-13(9-14(10)17)22-7-6-15(21-22)20-16-8-11(2)18-12(3)19-16;1-2/h4-5,8-9H,6-7H2,1-3H3,(H,18,19,20,21);1-2H3. The summed E-state index contributed by atoms with van der Waals surface area (Å²) in [5.74, 6) is 2.32. The molecule has 0 radical (unpaired) electrons. The van der Waals surface area contributed by atoms with E-state index >= 15 is 0 Å². The summed E-state index contributed by atoms with van der Waals surface area (Å²) in [5.41, 5.74) is 6.34. The number of hydrogen-bond donors (Lipinski definition) is 1. The molecule has 1 aliphatic rings. The van der Waals surface area contributed by atoms with Crippen molar-refractivity contribution in [3.05, 3.63) is 46.4 Å².